The predicted molar refractivity (Wildman–Crippen MR) is 76.4 cm³/mol. The van der Waals surface area contributed by atoms with Crippen molar-refractivity contribution in [3.63, 3.8) is 0 Å². The quantitative estimate of drug-likeness (QED) is 0.791. The summed E-state index contributed by atoms with van der Waals surface area (Å²) in [6.07, 6.45) is 3.73. The number of amides is 1. The average molecular weight is 254 g/mol. The third-order valence-electron chi connectivity index (χ3n) is 3.74. The zero-order valence-corrected chi connectivity index (χ0v) is 12.6. The second-order valence-corrected chi connectivity index (χ2v) is 6.64. The topological polar surface area (TPSA) is 41.1 Å². The second kappa shape index (κ2) is 7.13. The molecule has 3 unspecified atom stereocenters. The fraction of sp³-hybridized carbons (Fsp3) is 0.933. The van der Waals surface area contributed by atoms with Crippen molar-refractivity contribution >= 4 is 5.91 Å². The lowest BCUT2D eigenvalue weighted by atomic mass is 9.80. The molecule has 2 N–H and O–H groups in total. The van der Waals surface area contributed by atoms with Gasteiger partial charge in [0, 0.05) is 12.6 Å². The molecule has 0 aromatic heterocycles. The summed E-state index contributed by atoms with van der Waals surface area (Å²) in [4.78, 5) is 11.9. The van der Waals surface area contributed by atoms with Crippen LogP contribution >= 0.6 is 0 Å². The summed E-state index contributed by atoms with van der Waals surface area (Å²) in [7, 11) is 0. The van der Waals surface area contributed by atoms with E-state index in [1.807, 2.05) is 6.92 Å². The first-order valence-corrected chi connectivity index (χ1v) is 7.42. The first-order chi connectivity index (χ1) is 8.38. The Hall–Kier alpha value is -0.570. The van der Waals surface area contributed by atoms with Gasteiger partial charge in [-0.2, -0.15) is 0 Å². The van der Waals surface area contributed by atoms with Gasteiger partial charge in [0.05, 0.1) is 6.04 Å². The molecule has 0 radical (unpaired) electrons. The van der Waals surface area contributed by atoms with Gasteiger partial charge in [-0.05, 0) is 43.9 Å². The smallest absolute Gasteiger partial charge is 0.236 e. The van der Waals surface area contributed by atoms with Crippen LogP contribution < -0.4 is 10.6 Å². The number of nitrogens with one attached hydrogen (secondary N) is 2. The lowest BCUT2D eigenvalue weighted by Gasteiger charge is -2.33. The van der Waals surface area contributed by atoms with Crippen LogP contribution in [0.3, 0.4) is 0 Å². The van der Waals surface area contributed by atoms with Crippen LogP contribution in [-0.2, 0) is 4.79 Å². The summed E-state index contributed by atoms with van der Waals surface area (Å²) in [6.45, 7) is 11.6. The highest BCUT2D eigenvalue weighted by atomic mass is 16.2. The Morgan fingerprint density at radius 1 is 1.11 bits per heavy atom. The minimum absolute atomic E-state index is 0.0775. The Kier molecular flexibility index (Phi) is 6.13. The van der Waals surface area contributed by atoms with Crippen molar-refractivity contribution in [2.45, 2.75) is 66.0 Å². The number of carbonyl (C=O) groups excluding carboxylic acids is 1. The highest BCUT2D eigenvalue weighted by molar-refractivity contribution is 5.81. The van der Waals surface area contributed by atoms with E-state index in [9.17, 15) is 4.79 Å². The monoisotopic (exact) mass is 254 g/mol. The molecule has 0 saturated heterocycles. The number of hydrogen-bond acceptors (Lipinski definition) is 2. The minimum atomic E-state index is -0.0775. The lowest BCUT2D eigenvalue weighted by Crippen LogP contribution is -2.49. The van der Waals surface area contributed by atoms with E-state index >= 15 is 0 Å². The Morgan fingerprint density at radius 2 is 1.67 bits per heavy atom. The van der Waals surface area contributed by atoms with Crippen molar-refractivity contribution in [3.8, 4) is 0 Å². The van der Waals surface area contributed by atoms with Crippen molar-refractivity contribution in [2.24, 2.45) is 17.8 Å². The molecule has 0 aliphatic heterocycles. The lowest BCUT2D eigenvalue weighted by molar-refractivity contribution is -0.123. The molecule has 0 aromatic rings. The van der Waals surface area contributed by atoms with Gasteiger partial charge in [-0.25, -0.2) is 0 Å². The molecular formula is C15H30N2O. The molecule has 18 heavy (non-hydrogen) atoms. The molecule has 1 aliphatic rings. The molecular weight excluding hydrogens is 224 g/mol. The van der Waals surface area contributed by atoms with Crippen LogP contribution in [0.2, 0.25) is 0 Å². The van der Waals surface area contributed by atoms with E-state index in [4.69, 9.17) is 0 Å². The van der Waals surface area contributed by atoms with E-state index in [-0.39, 0.29) is 11.9 Å². The fourth-order valence-corrected chi connectivity index (χ4v) is 2.97. The summed E-state index contributed by atoms with van der Waals surface area (Å²) in [5.74, 6) is 2.19. The van der Waals surface area contributed by atoms with Gasteiger partial charge in [0.25, 0.3) is 0 Å². The van der Waals surface area contributed by atoms with Crippen LogP contribution in [0, 0.1) is 17.8 Å². The molecule has 0 aromatic carbocycles. The zero-order chi connectivity index (χ0) is 13.7. The van der Waals surface area contributed by atoms with Crippen molar-refractivity contribution in [3.05, 3.63) is 0 Å². The zero-order valence-electron chi connectivity index (χ0n) is 12.6. The normalized spacial score (nSPS) is 30.2. The van der Waals surface area contributed by atoms with E-state index < -0.39 is 0 Å². The van der Waals surface area contributed by atoms with Crippen LogP contribution in [0.25, 0.3) is 0 Å². The fourth-order valence-electron chi connectivity index (χ4n) is 2.97. The molecule has 3 heteroatoms. The van der Waals surface area contributed by atoms with E-state index in [0.29, 0.717) is 12.0 Å². The van der Waals surface area contributed by atoms with E-state index in [2.05, 4.69) is 38.3 Å². The summed E-state index contributed by atoms with van der Waals surface area (Å²) in [5, 5.41) is 6.48. The van der Waals surface area contributed by atoms with Gasteiger partial charge in [-0.15, -0.1) is 0 Å². The first-order valence-electron chi connectivity index (χ1n) is 7.42. The molecule has 0 bridgehead atoms. The first kappa shape index (κ1) is 15.5. The van der Waals surface area contributed by atoms with Gasteiger partial charge in [-0.1, -0.05) is 27.7 Å². The number of rotatable bonds is 5. The highest BCUT2D eigenvalue weighted by Crippen LogP contribution is 2.28. The maximum Gasteiger partial charge on any atom is 0.236 e. The van der Waals surface area contributed by atoms with Gasteiger partial charge in [0.2, 0.25) is 5.91 Å². The summed E-state index contributed by atoms with van der Waals surface area (Å²) in [5.41, 5.74) is 0. The van der Waals surface area contributed by atoms with Gasteiger partial charge >= 0.3 is 0 Å². The van der Waals surface area contributed by atoms with Gasteiger partial charge in [-0.3, -0.25) is 4.79 Å². The summed E-state index contributed by atoms with van der Waals surface area (Å²) in [6, 6.07) is 0.426. The molecule has 3 atom stereocenters. The Bertz CT molecular complexity index is 255. The third kappa shape index (κ3) is 5.38. The SMILES string of the molecule is CC(C)CNC(=O)C(C)NC1CC(C)CC(C)C1. The number of hydrogen-bond donors (Lipinski definition) is 2. The molecule has 0 heterocycles. The maximum atomic E-state index is 11.9. The Balaban J connectivity index is 2.34. The molecule has 0 spiro atoms. The summed E-state index contributed by atoms with van der Waals surface area (Å²) >= 11 is 0. The largest absolute Gasteiger partial charge is 0.354 e. The molecule has 106 valence electrons. The Morgan fingerprint density at radius 3 is 2.17 bits per heavy atom. The molecule has 1 amide bonds. The third-order valence-corrected chi connectivity index (χ3v) is 3.74. The van der Waals surface area contributed by atoms with Crippen LogP contribution in [0.15, 0.2) is 0 Å². The predicted octanol–water partition coefficient (Wildman–Crippen LogP) is 2.56. The van der Waals surface area contributed by atoms with E-state index in [1.54, 1.807) is 0 Å². The van der Waals surface area contributed by atoms with Crippen molar-refractivity contribution in [1.82, 2.24) is 10.6 Å². The molecule has 1 saturated carbocycles. The van der Waals surface area contributed by atoms with Crippen LogP contribution in [0.4, 0.5) is 0 Å². The van der Waals surface area contributed by atoms with E-state index in [1.165, 1.54) is 19.3 Å². The van der Waals surface area contributed by atoms with Crippen molar-refractivity contribution in [1.29, 1.82) is 0 Å². The van der Waals surface area contributed by atoms with Crippen LogP contribution in [-0.4, -0.2) is 24.5 Å². The standard InChI is InChI=1S/C15H30N2O/c1-10(2)9-16-15(18)13(5)17-14-7-11(3)6-12(4)8-14/h10-14,17H,6-9H2,1-5H3,(H,16,18). The van der Waals surface area contributed by atoms with Gasteiger partial charge in [0.1, 0.15) is 0 Å². The summed E-state index contributed by atoms with van der Waals surface area (Å²) < 4.78 is 0. The van der Waals surface area contributed by atoms with Crippen molar-refractivity contribution in [2.75, 3.05) is 6.54 Å². The Labute approximate surface area is 112 Å². The van der Waals surface area contributed by atoms with Crippen LogP contribution in [0.5, 0.6) is 0 Å². The minimum Gasteiger partial charge on any atom is -0.354 e. The molecule has 1 aliphatic carbocycles. The molecule has 1 rings (SSSR count). The van der Waals surface area contributed by atoms with E-state index in [0.717, 1.165) is 18.4 Å². The average Bonchev–Trinajstić information content (AvgIpc) is 2.24. The molecule has 3 nitrogen and oxygen atoms in total. The highest BCUT2D eigenvalue weighted by Gasteiger charge is 2.26. The van der Waals surface area contributed by atoms with Crippen molar-refractivity contribution < 1.29 is 4.79 Å². The maximum absolute atomic E-state index is 11.9. The second-order valence-electron chi connectivity index (χ2n) is 6.64. The van der Waals surface area contributed by atoms with Crippen LogP contribution in [0.1, 0.15) is 53.9 Å². The number of carbonyl (C=O) groups is 1. The molecule has 1 fully saturated rings. The van der Waals surface area contributed by atoms with Gasteiger partial charge in [0.15, 0.2) is 0 Å². The van der Waals surface area contributed by atoms with Gasteiger partial charge < -0.3 is 10.6 Å².